The first kappa shape index (κ1) is 13.1. The van der Waals surface area contributed by atoms with Gasteiger partial charge in [0.15, 0.2) is 0 Å². The fraction of sp³-hybridized carbons (Fsp3) is 0.533. The van der Waals surface area contributed by atoms with Gasteiger partial charge in [-0.05, 0) is 29.9 Å². The molecule has 0 bridgehead atoms. The third-order valence-corrected chi connectivity index (χ3v) is 3.90. The Balaban J connectivity index is 1.95. The first-order chi connectivity index (χ1) is 8.44. The van der Waals surface area contributed by atoms with Crippen LogP contribution < -0.4 is 11.1 Å². The lowest BCUT2D eigenvalue weighted by atomic mass is 10.1. The first-order valence-corrected chi connectivity index (χ1v) is 6.53. The topological polar surface area (TPSA) is 55.1 Å². The van der Waals surface area contributed by atoms with Crippen LogP contribution in [0.2, 0.25) is 0 Å². The van der Waals surface area contributed by atoms with E-state index in [-0.39, 0.29) is 23.3 Å². The van der Waals surface area contributed by atoms with Crippen molar-refractivity contribution in [1.29, 1.82) is 0 Å². The number of hydrogen-bond acceptors (Lipinski definition) is 2. The zero-order valence-electron chi connectivity index (χ0n) is 11.4. The number of rotatable bonds is 4. The van der Waals surface area contributed by atoms with Crippen LogP contribution in [-0.2, 0) is 11.3 Å². The molecule has 0 radical (unpaired) electrons. The Bertz CT molecular complexity index is 436. The highest BCUT2D eigenvalue weighted by Gasteiger charge is 2.50. The Morgan fingerprint density at radius 1 is 1.44 bits per heavy atom. The number of carbonyl (C=O) groups excluding carboxylic acids is 1. The van der Waals surface area contributed by atoms with E-state index >= 15 is 0 Å². The summed E-state index contributed by atoms with van der Waals surface area (Å²) >= 11 is 0. The molecule has 1 aliphatic rings. The van der Waals surface area contributed by atoms with E-state index < -0.39 is 0 Å². The van der Waals surface area contributed by atoms with Crippen molar-refractivity contribution in [3.8, 4) is 0 Å². The van der Waals surface area contributed by atoms with Gasteiger partial charge in [-0.3, -0.25) is 4.79 Å². The molecule has 1 aliphatic carbocycles. The largest absolute Gasteiger partial charge is 0.349 e. The van der Waals surface area contributed by atoms with Gasteiger partial charge in [0.05, 0.1) is 6.04 Å². The molecule has 1 saturated carbocycles. The van der Waals surface area contributed by atoms with Gasteiger partial charge >= 0.3 is 0 Å². The average molecular weight is 246 g/mol. The molecule has 2 rings (SSSR count). The van der Waals surface area contributed by atoms with E-state index in [0.29, 0.717) is 6.54 Å². The SMILES string of the molecule is CC(NC(=O)C1CC1(C)C)c1ccc(CN)cc1. The minimum atomic E-state index is 0.0562. The molecule has 2 unspecified atom stereocenters. The van der Waals surface area contributed by atoms with Crippen LogP contribution in [-0.4, -0.2) is 5.91 Å². The predicted octanol–water partition coefficient (Wildman–Crippen LogP) is 2.37. The molecule has 0 aliphatic heterocycles. The minimum absolute atomic E-state index is 0.0562. The molecule has 3 N–H and O–H groups in total. The molecule has 1 amide bonds. The minimum Gasteiger partial charge on any atom is -0.349 e. The lowest BCUT2D eigenvalue weighted by molar-refractivity contribution is -0.123. The summed E-state index contributed by atoms with van der Waals surface area (Å²) in [5.74, 6) is 0.360. The third kappa shape index (κ3) is 2.72. The summed E-state index contributed by atoms with van der Waals surface area (Å²) in [5.41, 5.74) is 7.99. The highest BCUT2D eigenvalue weighted by molar-refractivity contribution is 5.82. The lowest BCUT2D eigenvalue weighted by Crippen LogP contribution is -2.29. The molecule has 1 aromatic rings. The summed E-state index contributed by atoms with van der Waals surface area (Å²) in [6.45, 7) is 6.85. The van der Waals surface area contributed by atoms with E-state index in [9.17, 15) is 4.79 Å². The maximum Gasteiger partial charge on any atom is 0.224 e. The fourth-order valence-electron chi connectivity index (χ4n) is 2.25. The second-order valence-corrected chi connectivity index (χ2v) is 5.92. The number of amides is 1. The summed E-state index contributed by atoms with van der Waals surface area (Å²) in [6.07, 6.45) is 0.998. The van der Waals surface area contributed by atoms with Crippen molar-refractivity contribution in [2.24, 2.45) is 17.1 Å². The van der Waals surface area contributed by atoms with Crippen LogP contribution in [0.15, 0.2) is 24.3 Å². The Hall–Kier alpha value is -1.35. The molecule has 0 aromatic heterocycles. The summed E-state index contributed by atoms with van der Waals surface area (Å²) in [5, 5.41) is 3.08. The van der Waals surface area contributed by atoms with Gasteiger partial charge in [0, 0.05) is 12.5 Å². The monoisotopic (exact) mass is 246 g/mol. The molecule has 0 saturated heterocycles. The van der Waals surface area contributed by atoms with E-state index in [4.69, 9.17) is 5.73 Å². The van der Waals surface area contributed by atoms with Gasteiger partial charge < -0.3 is 11.1 Å². The maximum atomic E-state index is 12.0. The quantitative estimate of drug-likeness (QED) is 0.857. The van der Waals surface area contributed by atoms with Crippen molar-refractivity contribution >= 4 is 5.91 Å². The molecular formula is C15H22N2O. The van der Waals surface area contributed by atoms with Gasteiger partial charge in [0.1, 0.15) is 0 Å². The van der Waals surface area contributed by atoms with Crippen molar-refractivity contribution in [3.05, 3.63) is 35.4 Å². The van der Waals surface area contributed by atoms with E-state index in [1.54, 1.807) is 0 Å². The lowest BCUT2D eigenvalue weighted by Gasteiger charge is -2.15. The molecular weight excluding hydrogens is 224 g/mol. The van der Waals surface area contributed by atoms with Crippen molar-refractivity contribution in [2.75, 3.05) is 0 Å². The Kier molecular flexibility index (Phi) is 3.44. The highest BCUT2D eigenvalue weighted by atomic mass is 16.2. The number of carbonyl (C=O) groups is 1. The normalized spacial score (nSPS) is 22.3. The van der Waals surface area contributed by atoms with Crippen LogP contribution in [0.4, 0.5) is 0 Å². The smallest absolute Gasteiger partial charge is 0.224 e. The number of hydrogen-bond donors (Lipinski definition) is 2. The van der Waals surface area contributed by atoms with E-state index in [1.165, 1.54) is 0 Å². The van der Waals surface area contributed by atoms with E-state index in [0.717, 1.165) is 17.5 Å². The van der Waals surface area contributed by atoms with Gasteiger partial charge in [-0.15, -0.1) is 0 Å². The zero-order chi connectivity index (χ0) is 13.3. The first-order valence-electron chi connectivity index (χ1n) is 6.53. The van der Waals surface area contributed by atoms with Crippen LogP contribution >= 0.6 is 0 Å². The third-order valence-electron chi connectivity index (χ3n) is 3.90. The molecule has 18 heavy (non-hydrogen) atoms. The molecule has 3 heteroatoms. The average Bonchev–Trinajstić information content (AvgIpc) is 2.98. The van der Waals surface area contributed by atoms with Gasteiger partial charge in [0.2, 0.25) is 5.91 Å². The predicted molar refractivity (Wildman–Crippen MR) is 72.8 cm³/mol. The molecule has 98 valence electrons. The summed E-state index contributed by atoms with van der Waals surface area (Å²) in [6, 6.07) is 8.15. The van der Waals surface area contributed by atoms with Gasteiger partial charge in [0.25, 0.3) is 0 Å². The van der Waals surface area contributed by atoms with Crippen LogP contribution in [0.25, 0.3) is 0 Å². The van der Waals surface area contributed by atoms with Crippen LogP contribution in [0, 0.1) is 11.3 Å². The Morgan fingerprint density at radius 3 is 2.44 bits per heavy atom. The maximum absolute atomic E-state index is 12.0. The van der Waals surface area contributed by atoms with Crippen LogP contribution in [0.1, 0.15) is 44.4 Å². The number of nitrogens with two attached hydrogens (primary N) is 1. The van der Waals surface area contributed by atoms with E-state index in [2.05, 4.69) is 19.2 Å². The van der Waals surface area contributed by atoms with Gasteiger partial charge in [-0.1, -0.05) is 38.1 Å². The molecule has 1 fully saturated rings. The van der Waals surface area contributed by atoms with Crippen molar-refractivity contribution in [2.45, 2.75) is 39.8 Å². The van der Waals surface area contributed by atoms with Crippen LogP contribution in [0.3, 0.4) is 0 Å². The molecule has 3 nitrogen and oxygen atoms in total. The summed E-state index contributed by atoms with van der Waals surface area (Å²) in [4.78, 5) is 12.0. The van der Waals surface area contributed by atoms with Crippen molar-refractivity contribution in [1.82, 2.24) is 5.32 Å². The number of nitrogens with one attached hydrogen (secondary N) is 1. The fourth-order valence-corrected chi connectivity index (χ4v) is 2.25. The van der Waals surface area contributed by atoms with Crippen LogP contribution in [0.5, 0.6) is 0 Å². The summed E-state index contributed by atoms with van der Waals surface area (Å²) in [7, 11) is 0. The number of benzene rings is 1. The van der Waals surface area contributed by atoms with Crippen molar-refractivity contribution in [3.63, 3.8) is 0 Å². The molecule has 0 spiro atoms. The second-order valence-electron chi connectivity index (χ2n) is 5.92. The van der Waals surface area contributed by atoms with Gasteiger partial charge in [-0.25, -0.2) is 0 Å². The zero-order valence-corrected chi connectivity index (χ0v) is 11.4. The van der Waals surface area contributed by atoms with Gasteiger partial charge in [-0.2, -0.15) is 0 Å². The molecule has 1 aromatic carbocycles. The van der Waals surface area contributed by atoms with Crippen molar-refractivity contribution < 1.29 is 4.79 Å². The summed E-state index contributed by atoms with van der Waals surface area (Å²) < 4.78 is 0. The highest BCUT2D eigenvalue weighted by Crippen LogP contribution is 2.51. The second kappa shape index (κ2) is 4.73. The molecule has 0 heterocycles. The molecule has 2 atom stereocenters. The Labute approximate surface area is 109 Å². The Morgan fingerprint density at radius 2 is 2.00 bits per heavy atom. The van der Waals surface area contributed by atoms with E-state index in [1.807, 2.05) is 31.2 Å². The standard InChI is InChI=1S/C15H22N2O/c1-10(12-6-4-11(9-16)5-7-12)17-14(18)13-8-15(13,2)3/h4-7,10,13H,8-9,16H2,1-3H3,(H,17,18).